The van der Waals surface area contributed by atoms with Crippen molar-refractivity contribution in [2.24, 2.45) is 5.41 Å². The van der Waals surface area contributed by atoms with E-state index in [9.17, 15) is 9.59 Å². The van der Waals surface area contributed by atoms with E-state index in [4.69, 9.17) is 9.47 Å². The van der Waals surface area contributed by atoms with E-state index in [-0.39, 0.29) is 23.5 Å². The molecule has 0 atom stereocenters. The number of carbonyl (C=O) groups is 2. The van der Waals surface area contributed by atoms with E-state index in [0.717, 1.165) is 59.3 Å². The summed E-state index contributed by atoms with van der Waals surface area (Å²) in [6.07, 6.45) is 8.88. The molecule has 50 heavy (non-hydrogen) atoms. The lowest BCUT2D eigenvalue weighted by Gasteiger charge is -2.35. The van der Waals surface area contributed by atoms with Gasteiger partial charge < -0.3 is 19.3 Å². The highest BCUT2D eigenvalue weighted by Gasteiger charge is 2.29. The standard InChI is InChI=1S/C43H53N3O4/c1-42(2,3)31-49-39-24-22-37(23-25-39)40(47)45(29-34-11-10-26-44-27-34)28-32-14-18-35(19-15-32)36-20-16-33(17-21-36)30-46(38-12-8-7-9-13-38)41(48)50-43(4,5)6/h10-11,14-27,38H,7-9,12-13,28-31H2,1-6H3. The van der Waals surface area contributed by atoms with Crippen molar-refractivity contribution in [1.29, 1.82) is 0 Å². The van der Waals surface area contributed by atoms with Crippen LogP contribution in [0.5, 0.6) is 5.75 Å². The fourth-order valence-electron chi connectivity index (χ4n) is 6.17. The van der Waals surface area contributed by atoms with Crippen molar-refractivity contribution in [3.63, 3.8) is 0 Å². The molecule has 1 heterocycles. The third kappa shape index (κ3) is 10.9. The molecule has 1 aliphatic rings. The van der Waals surface area contributed by atoms with E-state index in [1.165, 1.54) is 6.42 Å². The number of nitrogens with zero attached hydrogens (tertiary/aromatic N) is 3. The van der Waals surface area contributed by atoms with E-state index >= 15 is 0 Å². The van der Waals surface area contributed by atoms with Gasteiger partial charge in [0.05, 0.1) is 6.61 Å². The number of pyridine rings is 1. The lowest BCUT2D eigenvalue weighted by molar-refractivity contribution is 0.00987. The van der Waals surface area contributed by atoms with Crippen LogP contribution in [0, 0.1) is 5.41 Å². The molecule has 264 valence electrons. The van der Waals surface area contributed by atoms with Crippen LogP contribution in [0.25, 0.3) is 11.1 Å². The molecule has 1 aliphatic carbocycles. The molecule has 0 radical (unpaired) electrons. The predicted octanol–water partition coefficient (Wildman–Crippen LogP) is 10.1. The van der Waals surface area contributed by atoms with Gasteiger partial charge in [-0.2, -0.15) is 0 Å². The van der Waals surface area contributed by atoms with Gasteiger partial charge in [-0.3, -0.25) is 9.78 Å². The minimum absolute atomic E-state index is 0.0490. The zero-order valence-corrected chi connectivity index (χ0v) is 30.7. The molecule has 1 aromatic heterocycles. The van der Waals surface area contributed by atoms with Gasteiger partial charge in [-0.15, -0.1) is 0 Å². The zero-order chi connectivity index (χ0) is 35.7. The summed E-state index contributed by atoms with van der Waals surface area (Å²) in [7, 11) is 0. The maximum atomic E-state index is 13.8. The molecule has 2 amide bonds. The van der Waals surface area contributed by atoms with Crippen molar-refractivity contribution in [2.75, 3.05) is 6.61 Å². The van der Waals surface area contributed by atoms with Gasteiger partial charge in [0.15, 0.2) is 0 Å². The van der Waals surface area contributed by atoms with Crippen molar-refractivity contribution in [3.8, 4) is 16.9 Å². The van der Waals surface area contributed by atoms with Crippen LogP contribution in [0.3, 0.4) is 0 Å². The topological polar surface area (TPSA) is 72.0 Å². The summed E-state index contributed by atoms with van der Waals surface area (Å²) in [5, 5.41) is 0. The van der Waals surface area contributed by atoms with Crippen LogP contribution in [0.15, 0.2) is 97.3 Å². The molecule has 5 rings (SSSR count). The fraction of sp³-hybridized carbons (Fsp3) is 0.419. The molecule has 7 nitrogen and oxygen atoms in total. The summed E-state index contributed by atoms with van der Waals surface area (Å²) in [5.41, 5.74) is 5.40. The third-order valence-electron chi connectivity index (χ3n) is 8.77. The van der Waals surface area contributed by atoms with E-state index in [1.54, 1.807) is 12.4 Å². The number of rotatable bonds is 11. The van der Waals surface area contributed by atoms with E-state index in [0.29, 0.717) is 31.8 Å². The first kappa shape index (κ1) is 36.6. The summed E-state index contributed by atoms with van der Waals surface area (Å²) >= 11 is 0. The van der Waals surface area contributed by atoms with E-state index in [2.05, 4.69) is 74.3 Å². The third-order valence-corrected chi connectivity index (χ3v) is 8.77. The van der Waals surface area contributed by atoms with Crippen LogP contribution >= 0.6 is 0 Å². The number of ether oxygens (including phenoxy) is 2. The summed E-state index contributed by atoms with van der Waals surface area (Å²) in [6, 6.07) is 28.3. The number of amides is 2. The highest BCUT2D eigenvalue weighted by atomic mass is 16.6. The molecule has 0 N–H and O–H groups in total. The first-order valence-corrected chi connectivity index (χ1v) is 17.9. The van der Waals surface area contributed by atoms with Gasteiger partial charge in [-0.1, -0.05) is 94.6 Å². The van der Waals surface area contributed by atoms with Crippen LogP contribution in [-0.2, 0) is 24.4 Å². The Labute approximate surface area is 298 Å². The molecule has 3 aromatic carbocycles. The summed E-state index contributed by atoms with van der Waals surface area (Å²) < 4.78 is 11.7. The Kier molecular flexibility index (Phi) is 12.0. The molecule has 0 saturated heterocycles. The monoisotopic (exact) mass is 675 g/mol. The SMILES string of the molecule is CC(C)(C)COc1ccc(C(=O)N(Cc2ccc(-c3ccc(CN(C(=O)OC(C)(C)C)C4CCCCC4)cc3)cc2)Cc2cccnc2)cc1. The Morgan fingerprint density at radius 3 is 1.84 bits per heavy atom. The lowest BCUT2D eigenvalue weighted by atomic mass is 9.94. The van der Waals surface area contributed by atoms with Gasteiger partial charge in [0.1, 0.15) is 11.4 Å². The average molecular weight is 676 g/mol. The number of hydrogen-bond acceptors (Lipinski definition) is 5. The highest BCUT2D eigenvalue weighted by molar-refractivity contribution is 5.94. The maximum Gasteiger partial charge on any atom is 0.410 e. The van der Waals surface area contributed by atoms with Gasteiger partial charge in [0, 0.05) is 43.6 Å². The predicted molar refractivity (Wildman–Crippen MR) is 200 cm³/mol. The van der Waals surface area contributed by atoms with Crippen LogP contribution in [0.2, 0.25) is 0 Å². The van der Waals surface area contributed by atoms with Crippen LogP contribution < -0.4 is 4.74 Å². The minimum Gasteiger partial charge on any atom is -0.493 e. The molecule has 1 saturated carbocycles. The number of benzene rings is 3. The zero-order valence-electron chi connectivity index (χ0n) is 30.7. The Morgan fingerprint density at radius 1 is 0.720 bits per heavy atom. The number of carbonyl (C=O) groups excluding carboxylic acids is 2. The van der Waals surface area contributed by atoms with Crippen molar-refractivity contribution in [2.45, 2.75) is 105 Å². The number of aromatic nitrogens is 1. The van der Waals surface area contributed by atoms with Gasteiger partial charge in [-0.05, 0) is 97.2 Å². The minimum atomic E-state index is -0.532. The van der Waals surface area contributed by atoms with E-state index in [1.807, 2.05) is 67.0 Å². The van der Waals surface area contributed by atoms with Gasteiger partial charge in [-0.25, -0.2) is 4.79 Å². The largest absolute Gasteiger partial charge is 0.493 e. The molecular formula is C43H53N3O4. The van der Waals surface area contributed by atoms with Crippen LogP contribution in [0.1, 0.15) is 101 Å². The Morgan fingerprint density at radius 2 is 1.30 bits per heavy atom. The molecule has 0 spiro atoms. The molecule has 0 aliphatic heterocycles. The molecule has 0 bridgehead atoms. The first-order chi connectivity index (χ1) is 23.8. The molecule has 0 unspecified atom stereocenters. The van der Waals surface area contributed by atoms with Crippen LogP contribution in [-0.4, -0.2) is 45.0 Å². The highest BCUT2D eigenvalue weighted by Crippen LogP contribution is 2.28. The van der Waals surface area contributed by atoms with Crippen molar-refractivity contribution in [3.05, 3.63) is 120 Å². The second-order valence-electron chi connectivity index (χ2n) is 15.7. The number of hydrogen-bond donors (Lipinski definition) is 0. The smallest absolute Gasteiger partial charge is 0.410 e. The lowest BCUT2D eigenvalue weighted by Crippen LogP contribution is -2.43. The van der Waals surface area contributed by atoms with Crippen molar-refractivity contribution >= 4 is 12.0 Å². The Bertz CT molecular complexity index is 1670. The summed E-state index contributed by atoms with van der Waals surface area (Å²) in [4.78, 5) is 35.1. The molecular weight excluding hydrogens is 622 g/mol. The van der Waals surface area contributed by atoms with Gasteiger partial charge >= 0.3 is 6.09 Å². The van der Waals surface area contributed by atoms with Crippen molar-refractivity contribution in [1.82, 2.24) is 14.8 Å². The van der Waals surface area contributed by atoms with Crippen molar-refractivity contribution < 1.29 is 19.1 Å². The molecule has 7 heteroatoms. The van der Waals surface area contributed by atoms with E-state index < -0.39 is 5.60 Å². The average Bonchev–Trinajstić information content (AvgIpc) is 3.10. The van der Waals surface area contributed by atoms with Gasteiger partial charge in [0.25, 0.3) is 5.91 Å². The quantitative estimate of drug-likeness (QED) is 0.158. The maximum absolute atomic E-state index is 13.8. The Balaban J connectivity index is 1.27. The summed E-state index contributed by atoms with van der Waals surface area (Å²) in [6.45, 7) is 14.2. The first-order valence-electron chi connectivity index (χ1n) is 17.9. The second kappa shape index (κ2) is 16.4. The molecule has 4 aromatic rings. The van der Waals surface area contributed by atoms with Gasteiger partial charge in [0.2, 0.25) is 0 Å². The fourth-order valence-corrected chi connectivity index (χ4v) is 6.17. The summed E-state index contributed by atoms with van der Waals surface area (Å²) in [5.74, 6) is 0.702. The Hall–Kier alpha value is -4.65. The van der Waals surface area contributed by atoms with Crippen LogP contribution in [0.4, 0.5) is 4.79 Å². The normalized spacial score (nSPS) is 13.8. The molecule has 1 fully saturated rings. The second-order valence-corrected chi connectivity index (χ2v) is 15.7.